The molecule has 0 atom stereocenters. The molecule has 0 fully saturated rings. The summed E-state index contributed by atoms with van der Waals surface area (Å²) in [5.74, 6) is -5.71. The number of carbonyl (C=O) groups is 2. The highest BCUT2D eigenvalue weighted by molar-refractivity contribution is 5.95. The average molecular weight is 297 g/mol. The van der Waals surface area contributed by atoms with Crippen LogP contribution in [0.1, 0.15) is 10.4 Å². The van der Waals surface area contributed by atoms with Gasteiger partial charge in [0.25, 0.3) is 5.91 Å². The highest BCUT2D eigenvalue weighted by Gasteiger charge is 2.34. The normalized spacial score (nSPS) is 11.2. The minimum absolute atomic E-state index is 0.0188. The molecule has 0 unspecified atom stereocenters. The second kappa shape index (κ2) is 5.85. The lowest BCUT2D eigenvalue weighted by atomic mass is 10.2. The van der Waals surface area contributed by atoms with E-state index in [0.717, 1.165) is 6.07 Å². The summed E-state index contributed by atoms with van der Waals surface area (Å²) in [6.07, 6.45) is -4.82. The summed E-state index contributed by atoms with van der Waals surface area (Å²) >= 11 is 0. The molecule has 0 aliphatic heterocycles. The van der Waals surface area contributed by atoms with Crippen LogP contribution in [0, 0.1) is 11.6 Å². The van der Waals surface area contributed by atoms with E-state index >= 15 is 0 Å². The zero-order valence-corrected chi connectivity index (χ0v) is 9.75. The Morgan fingerprint density at radius 1 is 1.15 bits per heavy atom. The van der Waals surface area contributed by atoms with Crippen LogP contribution in [0.3, 0.4) is 0 Å². The number of hydrogen-bond acceptors (Lipinski definition) is 2. The van der Waals surface area contributed by atoms with E-state index in [1.807, 2.05) is 0 Å². The SMILES string of the molecule is O=C(O)CN(CC(F)(F)F)C(=O)c1ccc(F)c(F)c1. The van der Waals surface area contributed by atoms with Gasteiger partial charge in [-0.25, -0.2) is 8.78 Å². The van der Waals surface area contributed by atoms with Crippen molar-refractivity contribution in [3.8, 4) is 0 Å². The predicted octanol–water partition coefficient (Wildman–Crippen LogP) is 2.05. The van der Waals surface area contributed by atoms with Crippen molar-refractivity contribution in [2.24, 2.45) is 0 Å². The first-order chi connectivity index (χ1) is 9.10. The third-order valence-electron chi connectivity index (χ3n) is 2.15. The lowest BCUT2D eigenvalue weighted by Gasteiger charge is -2.22. The van der Waals surface area contributed by atoms with Crippen LogP contribution in [0.5, 0.6) is 0 Å². The summed E-state index contributed by atoms with van der Waals surface area (Å²) in [6.45, 7) is -3.02. The number of carboxylic acid groups (broad SMARTS) is 1. The standard InChI is InChI=1S/C11H8F5NO3/c12-7-2-1-6(3-8(7)13)10(20)17(4-9(18)19)5-11(14,15)16/h1-3H,4-5H2,(H,18,19). The molecule has 0 aromatic heterocycles. The first kappa shape index (κ1) is 15.9. The molecule has 1 amide bonds. The van der Waals surface area contributed by atoms with Gasteiger partial charge in [0.15, 0.2) is 11.6 Å². The van der Waals surface area contributed by atoms with Gasteiger partial charge in [0.2, 0.25) is 0 Å². The van der Waals surface area contributed by atoms with Gasteiger partial charge in [-0.2, -0.15) is 13.2 Å². The Labute approximate surface area is 109 Å². The van der Waals surface area contributed by atoms with Crippen LogP contribution in [-0.2, 0) is 4.79 Å². The molecule has 1 aromatic carbocycles. The quantitative estimate of drug-likeness (QED) is 0.865. The van der Waals surface area contributed by atoms with Crippen molar-refractivity contribution < 1.29 is 36.6 Å². The number of hydrogen-bond donors (Lipinski definition) is 1. The van der Waals surface area contributed by atoms with E-state index in [4.69, 9.17) is 5.11 Å². The molecule has 0 heterocycles. The van der Waals surface area contributed by atoms with E-state index in [-0.39, 0.29) is 4.90 Å². The minimum Gasteiger partial charge on any atom is -0.480 e. The van der Waals surface area contributed by atoms with Gasteiger partial charge in [-0.1, -0.05) is 0 Å². The molecule has 20 heavy (non-hydrogen) atoms. The topological polar surface area (TPSA) is 57.6 Å². The molecule has 9 heteroatoms. The number of halogens is 5. The number of rotatable bonds is 4. The molecule has 0 saturated heterocycles. The van der Waals surface area contributed by atoms with E-state index in [9.17, 15) is 31.5 Å². The molecule has 1 aromatic rings. The lowest BCUT2D eigenvalue weighted by Crippen LogP contribution is -2.42. The molecule has 1 rings (SSSR count). The Balaban J connectivity index is 3.02. The van der Waals surface area contributed by atoms with Crippen molar-refractivity contribution >= 4 is 11.9 Å². The fraction of sp³-hybridized carbons (Fsp3) is 0.273. The molecule has 0 aliphatic rings. The van der Waals surface area contributed by atoms with Crippen molar-refractivity contribution in [1.29, 1.82) is 0 Å². The van der Waals surface area contributed by atoms with Gasteiger partial charge >= 0.3 is 12.1 Å². The zero-order chi connectivity index (χ0) is 15.5. The Kier molecular flexibility index (Phi) is 4.64. The second-order valence-electron chi connectivity index (χ2n) is 3.80. The van der Waals surface area contributed by atoms with E-state index < -0.39 is 48.3 Å². The predicted molar refractivity (Wildman–Crippen MR) is 56.0 cm³/mol. The Bertz CT molecular complexity index is 529. The first-order valence-corrected chi connectivity index (χ1v) is 5.13. The summed E-state index contributed by atoms with van der Waals surface area (Å²) in [5, 5.41) is 8.48. The van der Waals surface area contributed by atoms with E-state index in [1.54, 1.807) is 0 Å². The maximum Gasteiger partial charge on any atom is 0.406 e. The van der Waals surface area contributed by atoms with Crippen LogP contribution in [0.4, 0.5) is 22.0 Å². The molecule has 0 bridgehead atoms. The number of alkyl halides is 3. The molecule has 110 valence electrons. The molecule has 0 aliphatic carbocycles. The smallest absolute Gasteiger partial charge is 0.406 e. The monoisotopic (exact) mass is 297 g/mol. The maximum absolute atomic E-state index is 12.9. The molecule has 1 N–H and O–H groups in total. The van der Waals surface area contributed by atoms with E-state index in [0.29, 0.717) is 12.1 Å². The number of nitrogens with zero attached hydrogens (tertiary/aromatic N) is 1. The van der Waals surface area contributed by atoms with Crippen molar-refractivity contribution in [3.63, 3.8) is 0 Å². The van der Waals surface area contributed by atoms with Gasteiger partial charge in [-0.3, -0.25) is 9.59 Å². The average Bonchev–Trinajstić information content (AvgIpc) is 2.28. The summed E-state index contributed by atoms with van der Waals surface area (Å²) in [6, 6.07) is 1.74. The van der Waals surface area contributed by atoms with E-state index in [2.05, 4.69) is 0 Å². The number of aliphatic carboxylic acids is 1. The zero-order valence-electron chi connectivity index (χ0n) is 9.75. The second-order valence-corrected chi connectivity index (χ2v) is 3.80. The highest BCUT2D eigenvalue weighted by atomic mass is 19.4. The van der Waals surface area contributed by atoms with E-state index in [1.165, 1.54) is 0 Å². The minimum atomic E-state index is -4.82. The Morgan fingerprint density at radius 2 is 1.75 bits per heavy atom. The summed E-state index contributed by atoms with van der Waals surface area (Å²) in [4.78, 5) is 22.1. The highest BCUT2D eigenvalue weighted by Crippen LogP contribution is 2.19. The molecule has 0 saturated carbocycles. The van der Waals surface area contributed by atoms with Gasteiger partial charge < -0.3 is 10.0 Å². The van der Waals surface area contributed by atoms with Crippen LogP contribution < -0.4 is 0 Å². The number of carboxylic acids is 1. The van der Waals surface area contributed by atoms with Crippen molar-refractivity contribution in [2.75, 3.05) is 13.1 Å². The van der Waals surface area contributed by atoms with Crippen LogP contribution in [-0.4, -0.2) is 41.1 Å². The van der Waals surface area contributed by atoms with Gasteiger partial charge in [-0.05, 0) is 18.2 Å². The van der Waals surface area contributed by atoms with Crippen LogP contribution in [0.25, 0.3) is 0 Å². The van der Waals surface area contributed by atoms with Gasteiger partial charge in [0.1, 0.15) is 13.1 Å². The fourth-order valence-electron chi connectivity index (χ4n) is 1.39. The van der Waals surface area contributed by atoms with Crippen LogP contribution in [0.2, 0.25) is 0 Å². The van der Waals surface area contributed by atoms with Crippen molar-refractivity contribution in [3.05, 3.63) is 35.4 Å². The molecule has 0 radical (unpaired) electrons. The molecule has 4 nitrogen and oxygen atoms in total. The van der Waals surface area contributed by atoms with Gasteiger partial charge in [-0.15, -0.1) is 0 Å². The maximum atomic E-state index is 12.9. The van der Waals surface area contributed by atoms with Gasteiger partial charge in [0.05, 0.1) is 0 Å². The largest absolute Gasteiger partial charge is 0.480 e. The lowest BCUT2D eigenvalue weighted by molar-refractivity contribution is -0.149. The van der Waals surface area contributed by atoms with Crippen LogP contribution >= 0.6 is 0 Å². The van der Waals surface area contributed by atoms with Crippen molar-refractivity contribution in [1.82, 2.24) is 4.90 Å². The summed E-state index contributed by atoms with van der Waals surface area (Å²) in [5.41, 5.74) is -0.575. The Hall–Kier alpha value is -2.19. The Morgan fingerprint density at radius 3 is 2.20 bits per heavy atom. The van der Waals surface area contributed by atoms with Crippen molar-refractivity contribution in [2.45, 2.75) is 6.18 Å². The molecular weight excluding hydrogens is 289 g/mol. The first-order valence-electron chi connectivity index (χ1n) is 5.13. The van der Waals surface area contributed by atoms with Crippen LogP contribution in [0.15, 0.2) is 18.2 Å². The number of amides is 1. The molecular formula is C11H8F5NO3. The third kappa shape index (κ3) is 4.48. The number of benzene rings is 1. The van der Waals surface area contributed by atoms with Gasteiger partial charge in [0, 0.05) is 5.56 Å². The third-order valence-corrected chi connectivity index (χ3v) is 2.15. The molecule has 0 spiro atoms. The summed E-state index contributed by atoms with van der Waals surface area (Å²) < 4.78 is 62.4. The number of carbonyl (C=O) groups excluding carboxylic acids is 1. The fourth-order valence-corrected chi connectivity index (χ4v) is 1.39. The summed E-state index contributed by atoms with van der Waals surface area (Å²) in [7, 11) is 0.